The Hall–Kier alpha value is -1.62. The molecule has 0 bridgehead atoms. The Morgan fingerprint density at radius 2 is 2.06 bits per heavy atom. The second-order valence-corrected chi connectivity index (χ2v) is 4.76. The van der Waals surface area contributed by atoms with Crippen LogP contribution in [0.5, 0.6) is 0 Å². The standard InChI is InChI=1S/C13H14BrN3O/c1-17-13(18)12(14)11(9-16-17)15-8-7-10-5-3-2-4-6-10/h2-6,9,15H,7-8H2,1H3. The van der Waals surface area contributed by atoms with Gasteiger partial charge >= 0.3 is 0 Å². The molecule has 2 aromatic rings. The van der Waals surface area contributed by atoms with Crippen LogP contribution in [-0.2, 0) is 13.5 Å². The summed E-state index contributed by atoms with van der Waals surface area (Å²) in [6.07, 6.45) is 2.55. The van der Waals surface area contributed by atoms with Crippen LogP contribution in [0, 0.1) is 0 Å². The molecule has 2 rings (SSSR count). The summed E-state index contributed by atoms with van der Waals surface area (Å²) in [7, 11) is 1.63. The van der Waals surface area contributed by atoms with E-state index in [1.807, 2.05) is 18.2 Å². The van der Waals surface area contributed by atoms with E-state index in [0.29, 0.717) is 4.47 Å². The van der Waals surface area contributed by atoms with Crippen LogP contribution in [0.4, 0.5) is 5.69 Å². The van der Waals surface area contributed by atoms with E-state index in [0.717, 1.165) is 18.7 Å². The molecule has 0 aliphatic heterocycles. The van der Waals surface area contributed by atoms with Crippen molar-refractivity contribution >= 4 is 21.6 Å². The van der Waals surface area contributed by atoms with Gasteiger partial charge in [0, 0.05) is 13.6 Å². The zero-order chi connectivity index (χ0) is 13.0. The Kier molecular flexibility index (Phi) is 4.15. The number of halogens is 1. The maximum atomic E-state index is 11.6. The van der Waals surface area contributed by atoms with Crippen molar-refractivity contribution in [1.29, 1.82) is 0 Å². The topological polar surface area (TPSA) is 46.9 Å². The van der Waals surface area contributed by atoms with Gasteiger partial charge in [-0.25, -0.2) is 4.68 Å². The molecule has 0 saturated heterocycles. The minimum Gasteiger partial charge on any atom is -0.382 e. The molecular formula is C13H14BrN3O. The summed E-state index contributed by atoms with van der Waals surface area (Å²) in [4.78, 5) is 11.6. The molecule has 0 aliphatic carbocycles. The van der Waals surface area contributed by atoms with E-state index in [1.165, 1.54) is 10.2 Å². The molecule has 0 radical (unpaired) electrons. The molecular weight excluding hydrogens is 294 g/mol. The lowest BCUT2D eigenvalue weighted by atomic mass is 10.1. The van der Waals surface area contributed by atoms with Crippen LogP contribution < -0.4 is 10.9 Å². The highest BCUT2D eigenvalue weighted by atomic mass is 79.9. The highest BCUT2D eigenvalue weighted by molar-refractivity contribution is 9.10. The molecule has 0 spiro atoms. The molecule has 1 N–H and O–H groups in total. The van der Waals surface area contributed by atoms with Crippen LogP contribution in [0.1, 0.15) is 5.56 Å². The number of nitrogens with one attached hydrogen (secondary N) is 1. The molecule has 1 heterocycles. The second-order valence-electron chi connectivity index (χ2n) is 3.96. The van der Waals surface area contributed by atoms with E-state index in [-0.39, 0.29) is 5.56 Å². The van der Waals surface area contributed by atoms with Crippen molar-refractivity contribution in [2.45, 2.75) is 6.42 Å². The van der Waals surface area contributed by atoms with Gasteiger partial charge in [0.15, 0.2) is 0 Å². The van der Waals surface area contributed by atoms with Gasteiger partial charge in [-0.2, -0.15) is 5.10 Å². The van der Waals surface area contributed by atoms with Crippen molar-refractivity contribution in [2.75, 3.05) is 11.9 Å². The van der Waals surface area contributed by atoms with Gasteiger partial charge in [0.1, 0.15) is 4.47 Å². The summed E-state index contributed by atoms with van der Waals surface area (Å²) >= 11 is 3.28. The number of anilines is 1. The molecule has 0 unspecified atom stereocenters. The van der Waals surface area contributed by atoms with E-state index in [4.69, 9.17) is 0 Å². The van der Waals surface area contributed by atoms with E-state index in [9.17, 15) is 4.79 Å². The molecule has 94 valence electrons. The Morgan fingerprint density at radius 1 is 1.33 bits per heavy atom. The lowest BCUT2D eigenvalue weighted by Gasteiger charge is -2.08. The summed E-state index contributed by atoms with van der Waals surface area (Å²) in [5.41, 5.74) is 1.85. The van der Waals surface area contributed by atoms with Crippen LogP contribution in [-0.4, -0.2) is 16.3 Å². The molecule has 0 aliphatic rings. The summed E-state index contributed by atoms with van der Waals surface area (Å²) in [5, 5.41) is 7.18. The molecule has 0 atom stereocenters. The van der Waals surface area contributed by atoms with E-state index in [1.54, 1.807) is 13.2 Å². The van der Waals surface area contributed by atoms with Gasteiger partial charge in [-0.3, -0.25) is 4.79 Å². The Balaban J connectivity index is 1.99. The monoisotopic (exact) mass is 307 g/mol. The predicted molar refractivity (Wildman–Crippen MR) is 75.8 cm³/mol. The normalized spacial score (nSPS) is 10.3. The van der Waals surface area contributed by atoms with Crippen LogP contribution in [0.3, 0.4) is 0 Å². The van der Waals surface area contributed by atoms with Crippen LogP contribution in [0.25, 0.3) is 0 Å². The van der Waals surface area contributed by atoms with Gasteiger partial charge in [-0.1, -0.05) is 30.3 Å². The first kappa shape index (κ1) is 12.8. The largest absolute Gasteiger partial charge is 0.382 e. The fourth-order valence-corrected chi connectivity index (χ4v) is 2.12. The van der Waals surface area contributed by atoms with Crippen LogP contribution in [0.2, 0.25) is 0 Å². The number of aromatic nitrogens is 2. The molecule has 0 saturated carbocycles. The fraction of sp³-hybridized carbons (Fsp3) is 0.231. The third-order valence-corrected chi connectivity index (χ3v) is 3.42. The van der Waals surface area contributed by atoms with Gasteiger partial charge in [0.25, 0.3) is 5.56 Å². The molecule has 0 fully saturated rings. The Labute approximate surface area is 114 Å². The zero-order valence-electron chi connectivity index (χ0n) is 10.1. The first-order valence-corrected chi connectivity index (χ1v) is 6.47. The summed E-state index contributed by atoms with van der Waals surface area (Å²) in [5.74, 6) is 0. The van der Waals surface area contributed by atoms with Crippen molar-refractivity contribution in [3.8, 4) is 0 Å². The first-order chi connectivity index (χ1) is 8.68. The average molecular weight is 308 g/mol. The summed E-state index contributed by atoms with van der Waals surface area (Å²) in [6.45, 7) is 0.761. The van der Waals surface area contributed by atoms with Crippen LogP contribution in [0.15, 0.2) is 45.8 Å². The number of nitrogens with zero attached hydrogens (tertiary/aromatic N) is 2. The average Bonchev–Trinajstić information content (AvgIpc) is 2.40. The molecule has 0 amide bonds. The number of benzene rings is 1. The predicted octanol–water partition coefficient (Wildman–Crippen LogP) is 2.20. The smallest absolute Gasteiger partial charge is 0.282 e. The SMILES string of the molecule is Cn1ncc(NCCc2ccccc2)c(Br)c1=O. The van der Waals surface area contributed by atoms with Gasteiger partial charge in [0.05, 0.1) is 11.9 Å². The highest BCUT2D eigenvalue weighted by Crippen LogP contribution is 2.15. The van der Waals surface area contributed by atoms with Gasteiger partial charge in [-0.05, 0) is 27.9 Å². The number of aryl methyl sites for hydroxylation is 1. The molecule has 1 aromatic carbocycles. The minimum atomic E-state index is -0.139. The third kappa shape index (κ3) is 2.98. The first-order valence-electron chi connectivity index (χ1n) is 5.68. The van der Waals surface area contributed by atoms with Crippen molar-refractivity contribution in [3.63, 3.8) is 0 Å². The number of hydrogen-bond donors (Lipinski definition) is 1. The van der Waals surface area contributed by atoms with Gasteiger partial charge in [-0.15, -0.1) is 0 Å². The van der Waals surface area contributed by atoms with Crippen molar-refractivity contribution in [3.05, 3.63) is 56.9 Å². The molecule has 5 heteroatoms. The van der Waals surface area contributed by atoms with Gasteiger partial charge < -0.3 is 5.32 Å². The summed E-state index contributed by atoms with van der Waals surface area (Å²) in [6, 6.07) is 10.2. The Morgan fingerprint density at radius 3 is 2.78 bits per heavy atom. The fourth-order valence-electron chi connectivity index (χ4n) is 1.62. The summed E-state index contributed by atoms with van der Waals surface area (Å²) < 4.78 is 1.82. The lowest BCUT2D eigenvalue weighted by Crippen LogP contribution is -2.21. The maximum absolute atomic E-state index is 11.6. The second kappa shape index (κ2) is 5.82. The third-order valence-electron chi connectivity index (χ3n) is 2.65. The zero-order valence-corrected chi connectivity index (χ0v) is 11.6. The lowest BCUT2D eigenvalue weighted by molar-refractivity contribution is 0.703. The number of hydrogen-bond acceptors (Lipinski definition) is 3. The molecule has 18 heavy (non-hydrogen) atoms. The van der Waals surface area contributed by atoms with Crippen molar-refractivity contribution in [2.24, 2.45) is 7.05 Å². The minimum absolute atomic E-state index is 0.139. The van der Waals surface area contributed by atoms with E-state index in [2.05, 4.69) is 38.5 Å². The molecule has 4 nitrogen and oxygen atoms in total. The van der Waals surface area contributed by atoms with Crippen molar-refractivity contribution < 1.29 is 0 Å². The Bertz CT molecular complexity index is 581. The maximum Gasteiger partial charge on any atom is 0.282 e. The highest BCUT2D eigenvalue weighted by Gasteiger charge is 2.05. The van der Waals surface area contributed by atoms with E-state index < -0.39 is 0 Å². The molecule has 1 aromatic heterocycles. The van der Waals surface area contributed by atoms with Crippen molar-refractivity contribution in [1.82, 2.24) is 9.78 Å². The quantitative estimate of drug-likeness (QED) is 0.942. The van der Waals surface area contributed by atoms with Gasteiger partial charge in [0.2, 0.25) is 0 Å². The number of rotatable bonds is 4. The van der Waals surface area contributed by atoms with E-state index >= 15 is 0 Å². The van der Waals surface area contributed by atoms with Crippen LogP contribution >= 0.6 is 15.9 Å².